The molecule has 10 rings (SSSR count). The fraction of sp³-hybridized carbons (Fsp3) is 0.448. The van der Waals surface area contributed by atoms with Crippen LogP contribution in [0.25, 0.3) is 44.8 Å². The van der Waals surface area contributed by atoms with Gasteiger partial charge in [0.2, 0.25) is 0 Å². The van der Waals surface area contributed by atoms with Crippen molar-refractivity contribution >= 4 is 0 Å². The van der Waals surface area contributed by atoms with Gasteiger partial charge in [0.25, 0.3) is 5.92 Å². The highest BCUT2D eigenvalue weighted by Crippen LogP contribution is 2.46. The van der Waals surface area contributed by atoms with E-state index in [-0.39, 0.29) is 34.1 Å². The summed E-state index contributed by atoms with van der Waals surface area (Å²) in [5.41, 5.74) is 6.33. The predicted octanol–water partition coefficient (Wildman–Crippen LogP) is 23.1. The molecule has 0 saturated heterocycles. The molecule has 0 atom stereocenters. The van der Waals surface area contributed by atoms with Gasteiger partial charge in [0.1, 0.15) is 40.3 Å². The first kappa shape index (κ1) is 93.5. The van der Waals surface area contributed by atoms with Crippen LogP contribution in [0.2, 0.25) is 0 Å². The summed E-state index contributed by atoms with van der Waals surface area (Å²) in [7, 11) is 9.53. The predicted molar refractivity (Wildman–Crippen MR) is 431 cm³/mol. The number of H-pyrrole nitrogens is 4. The van der Waals surface area contributed by atoms with Gasteiger partial charge in [0.15, 0.2) is 0 Å². The molecule has 0 radical (unpaired) electrons. The second-order valence-corrected chi connectivity index (χ2v) is 29.4. The molecule has 17 nitrogen and oxygen atoms in total. The molecule has 0 fully saturated rings. The zero-order valence-electron chi connectivity index (χ0n) is 68.9. The summed E-state index contributed by atoms with van der Waals surface area (Å²) in [5, 5.41) is 27.8. The van der Waals surface area contributed by atoms with Crippen molar-refractivity contribution in [2.75, 3.05) is 81.3 Å². The number of para-hydroxylation sites is 2. The van der Waals surface area contributed by atoms with Crippen LogP contribution in [0.15, 0.2) is 134 Å². The SMILES string of the molecule is CCCCN(C)Cc1[nH]ncc1-c1cc(C(F)(F)F)cc(OCCC(C)C)c1C.CCCCN(C)Cc1cn[nH]c1-c1cc(OCCCOC)cc(C(C)(F)F)c1C.CCCN(C)Cc1[nH]ncc1-c1cc(C(F)(F)F)c(Oc2ccccc2)cc1C.CCCN(C)Cc1cn[nH]c1-c1cc(C(F)(F)F)c(Oc2ccccc2)cc1F. The molecule has 0 spiro atoms. The molecular formula is C87H110F12N12O5. The minimum Gasteiger partial charge on any atom is -0.493 e. The van der Waals surface area contributed by atoms with E-state index in [0.717, 1.165) is 125 Å². The zero-order chi connectivity index (χ0) is 85.1. The van der Waals surface area contributed by atoms with Crippen LogP contribution in [-0.4, -0.2) is 142 Å². The van der Waals surface area contributed by atoms with Gasteiger partial charge in [-0.3, -0.25) is 20.4 Å². The molecule has 4 heterocycles. The Hall–Kier alpha value is -9.68. The Bertz CT molecular complexity index is 4450. The minimum absolute atomic E-state index is 0.0309. The van der Waals surface area contributed by atoms with Crippen molar-refractivity contribution in [3.05, 3.63) is 201 Å². The van der Waals surface area contributed by atoms with Gasteiger partial charge in [-0.25, -0.2) is 13.2 Å². The van der Waals surface area contributed by atoms with Crippen LogP contribution in [0.5, 0.6) is 34.5 Å². The lowest BCUT2D eigenvalue weighted by Crippen LogP contribution is -2.19. The van der Waals surface area contributed by atoms with E-state index >= 15 is 0 Å². The summed E-state index contributed by atoms with van der Waals surface area (Å²) in [6, 6.07) is 26.1. The fourth-order valence-corrected chi connectivity index (χ4v) is 12.8. The molecule has 0 aliphatic rings. The van der Waals surface area contributed by atoms with Gasteiger partial charge in [0.05, 0.1) is 77.5 Å². The van der Waals surface area contributed by atoms with Gasteiger partial charge >= 0.3 is 18.5 Å². The Morgan fingerprint density at radius 1 is 0.422 bits per heavy atom. The van der Waals surface area contributed by atoms with Crippen molar-refractivity contribution in [3.63, 3.8) is 0 Å². The van der Waals surface area contributed by atoms with Crippen molar-refractivity contribution in [1.82, 2.24) is 60.4 Å². The maximum atomic E-state index is 14.8. The van der Waals surface area contributed by atoms with Gasteiger partial charge in [-0.2, -0.15) is 59.9 Å². The largest absolute Gasteiger partial charge is 0.493 e. The summed E-state index contributed by atoms with van der Waals surface area (Å²) in [5.74, 6) is -2.92. The summed E-state index contributed by atoms with van der Waals surface area (Å²) in [6.07, 6.45) is 0.513. The third kappa shape index (κ3) is 27.8. The van der Waals surface area contributed by atoms with Crippen molar-refractivity contribution in [3.8, 4) is 79.3 Å². The maximum absolute atomic E-state index is 14.8. The number of hydrogen-bond acceptors (Lipinski definition) is 13. The van der Waals surface area contributed by atoms with Gasteiger partial charge in [0, 0.05) is 98.3 Å². The number of rotatable bonds is 36. The average Bonchev–Trinajstić information content (AvgIpc) is 1.37. The zero-order valence-corrected chi connectivity index (χ0v) is 68.9. The maximum Gasteiger partial charge on any atom is 0.420 e. The van der Waals surface area contributed by atoms with Crippen molar-refractivity contribution in [1.29, 1.82) is 0 Å². The Kier molecular flexibility index (Phi) is 35.5. The molecule has 0 saturated carbocycles. The number of unbranched alkanes of at least 4 members (excludes halogenated alkanes) is 2. The van der Waals surface area contributed by atoms with Crippen molar-refractivity contribution in [2.45, 2.75) is 171 Å². The van der Waals surface area contributed by atoms with Crippen LogP contribution in [0, 0.1) is 32.5 Å². The monoisotopic (exact) mass is 1630 g/mol. The van der Waals surface area contributed by atoms with Crippen LogP contribution in [0.3, 0.4) is 0 Å². The second kappa shape index (κ2) is 44.0. The number of benzene rings is 6. The highest BCUT2D eigenvalue weighted by Gasteiger charge is 2.39. The second-order valence-electron chi connectivity index (χ2n) is 29.4. The van der Waals surface area contributed by atoms with Gasteiger partial charge < -0.3 is 43.3 Å². The minimum atomic E-state index is -4.72. The molecular weight excluding hydrogens is 1520 g/mol. The van der Waals surface area contributed by atoms with E-state index in [1.165, 1.54) is 36.5 Å². The van der Waals surface area contributed by atoms with E-state index < -0.39 is 52.7 Å². The number of aromatic amines is 4. The van der Waals surface area contributed by atoms with Gasteiger partial charge in [-0.05, 0) is 208 Å². The molecule has 4 aromatic heterocycles. The van der Waals surface area contributed by atoms with Gasteiger partial charge in [-0.1, -0.05) is 90.8 Å². The highest BCUT2D eigenvalue weighted by molar-refractivity contribution is 5.74. The molecule has 29 heteroatoms. The first-order valence-electron chi connectivity index (χ1n) is 38.9. The van der Waals surface area contributed by atoms with Crippen LogP contribution >= 0.6 is 0 Å². The van der Waals surface area contributed by atoms with Crippen LogP contribution in [0.1, 0.15) is 161 Å². The number of hydrogen-bond donors (Lipinski definition) is 4. The lowest BCUT2D eigenvalue weighted by atomic mass is 9.94. The first-order valence-corrected chi connectivity index (χ1v) is 38.9. The number of nitrogens with one attached hydrogen (secondary N) is 4. The molecule has 6 aromatic carbocycles. The number of aryl methyl sites for hydroxylation is 1. The molecule has 0 bridgehead atoms. The van der Waals surface area contributed by atoms with E-state index in [1.807, 2.05) is 39.0 Å². The molecule has 632 valence electrons. The van der Waals surface area contributed by atoms with Crippen molar-refractivity contribution < 1.29 is 76.4 Å². The third-order valence-corrected chi connectivity index (χ3v) is 18.9. The Labute approximate surface area is 672 Å². The average molecular weight is 1630 g/mol. The fourth-order valence-electron chi connectivity index (χ4n) is 12.8. The van der Waals surface area contributed by atoms with Crippen molar-refractivity contribution in [2.24, 2.45) is 5.92 Å². The molecule has 0 aliphatic heterocycles. The molecule has 116 heavy (non-hydrogen) atoms. The number of methoxy groups -OCH3 is 1. The normalized spacial score (nSPS) is 12.0. The Morgan fingerprint density at radius 2 is 0.897 bits per heavy atom. The first-order chi connectivity index (χ1) is 55.0. The van der Waals surface area contributed by atoms with E-state index in [2.05, 4.69) is 97.2 Å². The van der Waals surface area contributed by atoms with Crippen LogP contribution in [-0.2, 0) is 55.4 Å². The smallest absolute Gasteiger partial charge is 0.420 e. The summed E-state index contributed by atoms with van der Waals surface area (Å²) in [6.45, 7) is 25.9. The lowest BCUT2D eigenvalue weighted by Gasteiger charge is -2.20. The third-order valence-electron chi connectivity index (χ3n) is 18.9. The van der Waals surface area contributed by atoms with Gasteiger partial charge in [-0.15, -0.1) is 0 Å². The quantitative estimate of drug-likeness (QED) is 0.0216. The van der Waals surface area contributed by atoms with Crippen LogP contribution in [0.4, 0.5) is 52.7 Å². The number of alkyl halides is 11. The van der Waals surface area contributed by atoms with E-state index in [9.17, 15) is 52.7 Å². The molecule has 0 amide bonds. The molecule has 0 aliphatic carbocycles. The number of halogens is 12. The summed E-state index contributed by atoms with van der Waals surface area (Å²) in [4.78, 5) is 8.45. The highest BCUT2D eigenvalue weighted by atomic mass is 19.4. The molecule has 0 unspecified atom stereocenters. The molecule has 10 aromatic rings. The number of aromatic nitrogens is 8. The summed E-state index contributed by atoms with van der Waals surface area (Å²) < 4.78 is 194. The standard InChI is InChI=1S/C22H24F3N3O.C22H32F3N3O.C22H33F2N3O2.C21H21F4N3O/c1-4-10-28(3)14-20-18(13-26-27-20)17-12-19(22(23,24)25)21(11-15(17)2)29-16-8-6-5-7-9-16;1-6-7-9-28(5)14-20-19(13-26-27-20)18-11-17(22(23,24)25)12-21(16(18)4)29-10-8-15(2)3;1-6-7-9-27(4)15-17-14-25-26-21(17)19-12-18(29-11-8-10-28-5)13-20(16(19)2)22(3,23)24;1-3-9-28(2)13-14-12-26-27-20(14)16-10-17(21(23,24)25)19(11-18(16)22)29-15-7-5-4-6-8-15/h5-9,11-13H,4,10,14H2,1-3H3,(H,26,27);11-13,15H,6-10,14H2,1-5H3,(H,26,27);12-14H,6-11,15H2,1-5H3,(H,25,26);4-8,10-12H,3,9,13H2,1-2H3,(H,26,27). The summed E-state index contributed by atoms with van der Waals surface area (Å²) >= 11 is 0. The number of nitrogens with zero attached hydrogens (tertiary/aromatic N) is 8. The van der Waals surface area contributed by atoms with E-state index in [1.54, 1.807) is 95.0 Å². The lowest BCUT2D eigenvalue weighted by molar-refractivity contribution is -0.139. The Balaban J connectivity index is 0.000000214. The van der Waals surface area contributed by atoms with Crippen LogP contribution < -0.4 is 18.9 Å². The topological polar surface area (TPSA) is 174 Å². The number of ether oxygens (including phenoxy) is 5. The molecule has 4 N–H and O–H groups in total. The Morgan fingerprint density at radius 3 is 1.38 bits per heavy atom. The van der Waals surface area contributed by atoms with E-state index in [0.29, 0.717) is 120 Å². The van der Waals surface area contributed by atoms with E-state index in [4.69, 9.17) is 23.7 Å².